The van der Waals surface area contributed by atoms with E-state index < -0.39 is 11.6 Å². The Hall–Kier alpha value is -2.08. The van der Waals surface area contributed by atoms with E-state index in [1.165, 1.54) is 7.11 Å². The number of methoxy groups -OCH3 is 2. The average Bonchev–Trinajstić information content (AvgIpc) is 2.88. The topological polar surface area (TPSA) is 73.9 Å². The zero-order valence-corrected chi connectivity index (χ0v) is 16.1. The molecule has 1 aromatic carbocycles. The normalized spacial score (nSPS) is 16.7. The number of amides is 1. The van der Waals surface area contributed by atoms with E-state index in [1.807, 2.05) is 13.8 Å². The zero-order chi connectivity index (χ0) is 19.2. The van der Waals surface area contributed by atoms with Gasteiger partial charge >= 0.3 is 5.97 Å². The first-order valence-electron chi connectivity index (χ1n) is 9.17. The van der Waals surface area contributed by atoms with Crippen molar-refractivity contribution in [3.05, 3.63) is 23.8 Å². The van der Waals surface area contributed by atoms with Crippen LogP contribution >= 0.6 is 0 Å². The van der Waals surface area contributed by atoms with Gasteiger partial charge in [-0.25, -0.2) is 4.79 Å². The molecule has 0 spiro atoms. The Bertz CT molecular complexity index is 633. The molecule has 26 heavy (non-hydrogen) atoms. The minimum Gasteiger partial charge on any atom is -0.490 e. The number of benzene rings is 1. The van der Waals surface area contributed by atoms with Gasteiger partial charge in [0.1, 0.15) is 16.9 Å². The molecule has 0 aliphatic heterocycles. The molecule has 0 bridgehead atoms. The predicted molar refractivity (Wildman–Crippen MR) is 99.6 cm³/mol. The van der Waals surface area contributed by atoms with Crippen LogP contribution in [0.25, 0.3) is 0 Å². The lowest BCUT2D eigenvalue weighted by Gasteiger charge is -2.30. The molecular formula is C20H29NO5. The SMILES string of the molecule is COC(=O)c1cc(NC(=O)C2(OC)CCCCCC2)ccc1OC(C)C. The van der Waals surface area contributed by atoms with Gasteiger partial charge in [-0.15, -0.1) is 0 Å². The van der Waals surface area contributed by atoms with Crippen molar-refractivity contribution in [3.63, 3.8) is 0 Å². The predicted octanol–water partition coefficient (Wildman–Crippen LogP) is 3.94. The minimum absolute atomic E-state index is 0.0819. The Kier molecular flexibility index (Phi) is 7.03. The standard InChI is InChI=1S/C20H29NO5/c1-14(2)26-17-10-9-15(13-16(17)18(22)24-3)21-19(23)20(25-4)11-7-5-6-8-12-20/h9-10,13-14H,5-8,11-12H2,1-4H3,(H,21,23). The number of anilines is 1. The first kappa shape index (κ1) is 20.2. The molecule has 1 saturated carbocycles. The third-order valence-electron chi connectivity index (χ3n) is 4.72. The second-order valence-corrected chi connectivity index (χ2v) is 6.94. The summed E-state index contributed by atoms with van der Waals surface area (Å²) in [5.41, 5.74) is -0.00631. The molecule has 0 atom stereocenters. The Morgan fingerprint density at radius 2 is 1.73 bits per heavy atom. The van der Waals surface area contributed by atoms with Gasteiger partial charge < -0.3 is 19.5 Å². The van der Waals surface area contributed by atoms with Gasteiger partial charge in [-0.1, -0.05) is 25.7 Å². The molecule has 0 saturated heterocycles. The monoisotopic (exact) mass is 363 g/mol. The summed E-state index contributed by atoms with van der Waals surface area (Å²) in [5.74, 6) is -0.247. The highest BCUT2D eigenvalue weighted by Gasteiger charge is 2.38. The Morgan fingerprint density at radius 1 is 1.08 bits per heavy atom. The molecule has 1 aliphatic carbocycles. The number of esters is 1. The Labute approximate surface area is 155 Å². The number of ether oxygens (including phenoxy) is 3. The molecule has 0 heterocycles. The van der Waals surface area contributed by atoms with Crippen molar-refractivity contribution in [1.29, 1.82) is 0 Å². The molecule has 1 amide bonds. The maximum atomic E-state index is 12.9. The van der Waals surface area contributed by atoms with Gasteiger partial charge in [-0.3, -0.25) is 4.79 Å². The summed E-state index contributed by atoms with van der Waals surface area (Å²) in [6, 6.07) is 4.98. The van der Waals surface area contributed by atoms with Crippen LogP contribution in [-0.4, -0.2) is 37.8 Å². The van der Waals surface area contributed by atoms with Gasteiger partial charge in [0, 0.05) is 12.8 Å². The van der Waals surface area contributed by atoms with E-state index in [0.717, 1.165) is 25.7 Å². The second-order valence-electron chi connectivity index (χ2n) is 6.94. The number of hydrogen-bond acceptors (Lipinski definition) is 5. The van der Waals surface area contributed by atoms with Crippen LogP contribution in [0, 0.1) is 0 Å². The summed E-state index contributed by atoms with van der Waals surface area (Å²) in [5, 5.41) is 2.90. The van der Waals surface area contributed by atoms with E-state index in [9.17, 15) is 9.59 Å². The Balaban J connectivity index is 2.24. The minimum atomic E-state index is -0.810. The molecule has 1 fully saturated rings. The smallest absolute Gasteiger partial charge is 0.341 e. The third-order valence-corrected chi connectivity index (χ3v) is 4.72. The lowest BCUT2D eigenvalue weighted by Crippen LogP contribution is -2.44. The third kappa shape index (κ3) is 4.75. The lowest BCUT2D eigenvalue weighted by atomic mass is 9.93. The lowest BCUT2D eigenvalue weighted by molar-refractivity contribution is -0.139. The van der Waals surface area contributed by atoms with E-state index in [4.69, 9.17) is 14.2 Å². The summed E-state index contributed by atoms with van der Waals surface area (Å²) in [7, 11) is 2.91. The number of carbonyl (C=O) groups is 2. The molecule has 2 rings (SSSR count). The molecule has 6 nitrogen and oxygen atoms in total. The largest absolute Gasteiger partial charge is 0.490 e. The first-order valence-corrected chi connectivity index (χ1v) is 9.17. The molecule has 1 aliphatic rings. The fourth-order valence-electron chi connectivity index (χ4n) is 3.30. The summed E-state index contributed by atoms with van der Waals surface area (Å²) >= 11 is 0. The summed E-state index contributed by atoms with van der Waals surface area (Å²) in [6.07, 6.45) is 5.49. The molecule has 144 valence electrons. The van der Waals surface area contributed by atoms with Crippen molar-refractivity contribution < 1.29 is 23.8 Å². The van der Waals surface area contributed by atoms with Gasteiger partial charge in [0.15, 0.2) is 0 Å². The molecule has 0 radical (unpaired) electrons. The van der Waals surface area contributed by atoms with Crippen LogP contribution in [0.2, 0.25) is 0 Å². The molecule has 0 unspecified atom stereocenters. The van der Waals surface area contributed by atoms with Gasteiger partial charge in [0.2, 0.25) is 0 Å². The molecule has 0 aromatic heterocycles. The second kappa shape index (κ2) is 9.03. The van der Waals surface area contributed by atoms with Crippen LogP contribution in [0.5, 0.6) is 5.75 Å². The van der Waals surface area contributed by atoms with Crippen LogP contribution in [-0.2, 0) is 14.3 Å². The van der Waals surface area contributed by atoms with Gasteiger partial charge in [-0.2, -0.15) is 0 Å². The van der Waals surface area contributed by atoms with Crippen molar-refractivity contribution in [1.82, 2.24) is 0 Å². The highest BCUT2D eigenvalue weighted by Crippen LogP contribution is 2.32. The van der Waals surface area contributed by atoms with Crippen LogP contribution in [0.3, 0.4) is 0 Å². The fraction of sp³-hybridized carbons (Fsp3) is 0.600. The summed E-state index contributed by atoms with van der Waals surface area (Å²) in [4.78, 5) is 25.0. The summed E-state index contributed by atoms with van der Waals surface area (Å²) < 4.78 is 16.1. The molecule has 1 N–H and O–H groups in total. The number of nitrogens with one attached hydrogen (secondary N) is 1. The van der Waals surface area contributed by atoms with E-state index in [2.05, 4.69) is 5.32 Å². The van der Waals surface area contributed by atoms with Crippen molar-refractivity contribution in [2.75, 3.05) is 19.5 Å². The van der Waals surface area contributed by atoms with Gasteiger partial charge in [-0.05, 0) is 44.9 Å². The van der Waals surface area contributed by atoms with E-state index in [-0.39, 0.29) is 17.6 Å². The highest BCUT2D eigenvalue weighted by molar-refractivity contribution is 5.99. The highest BCUT2D eigenvalue weighted by atomic mass is 16.5. The van der Waals surface area contributed by atoms with Gasteiger partial charge in [0.05, 0.1) is 13.2 Å². The van der Waals surface area contributed by atoms with Crippen LogP contribution < -0.4 is 10.1 Å². The van der Waals surface area contributed by atoms with E-state index in [0.29, 0.717) is 24.3 Å². The average molecular weight is 363 g/mol. The van der Waals surface area contributed by atoms with E-state index in [1.54, 1.807) is 25.3 Å². The maximum absolute atomic E-state index is 12.9. The summed E-state index contributed by atoms with van der Waals surface area (Å²) in [6.45, 7) is 3.76. The van der Waals surface area contributed by atoms with Crippen molar-refractivity contribution in [3.8, 4) is 5.75 Å². The van der Waals surface area contributed by atoms with Crippen LogP contribution in [0.1, 0.15) is 62.7 Å². The molecule has 6 heteroatoms. The first-order chi connectivity index (χ1) is 12.4. The fourth-order valence-corrected chi connectivity index (χ4v) is 3.30. The van der Waals surface area contributed by atoms with Crippen LogP contribution in [0.4, 0.5) is 5.69 Å². The molecular weight excluding hydrogens is 334 g/mol. The number of hydrogen-bond donors (Lipinski definition) is 1. The quantitative estimate of drug-likeness (QED) is 0.612. The zero-order valence-electron chi connectivity index (χ0n) is 16.1. The Morgan fingerprint density at radius 3 is 2.27 bits per heavy atom. The molecule has 1 aromatic rings. The van der Waals surface area contributed by atoms with Crippen molar-refractivity contribution in [2.45, 2.75) is 64.1 Å². The van der Waals surface area contributed by atoms with Gasteiger partial charge in [0.25, 0.3) is 5.91 Å². The van der Waals surface area contributed by atoms with Crippen molar-refractivity contribution >= 4 is 17.6 Å². The number of carbonyl (C=O) groups excluding carboxylic acids is 2. The van der Waals surface area contributed by atoms with Crippen molar-refractivity contribution in [2.24, 2.45) is 0 Å². The van der Waals surface area contributed by atoms with E-state index >= 15 is 0 Å². The number of rotatable bonds is 6. The maximum Gasteiger partial charge on any atom is 0.341 e. The van der Waals surface area contributed by atoms with Crippen LogP contribution in [0.15, 0.2) is 18.2 Å².